The van der Waals surface area contributed by atoms with E-state index in [2.05, 4.69) is 10.6 Å². The number of morpholine rings is 1. The van der Waals surface area contributed by atoms with Gasteiger partial charge in [0.1, 0.15) is 6.04 Å². The van der Waals surface area contributed by atoms with Gasteiger partial charge in [0.2, 0.25) is 5.91 Å². The second kappa shape index (κ2) is 4.72. The van der Waals surface area contributed by atoms with Crippen LogP contribution >= 0.6 is 0 Å². The number of carbonyl (C=O) groups excluding carboxylic acids is 1. The summed E-state index contributed by atoms with van der Waals surface area (Å²) in [4.78, 5) is 11.6. The smallest absolute Gasteiger partial charge is 0.240 e. The molecule has 1 aliphatic heterocycles. The van der Waals surface area contributed by atoms with Crippen molar-refractivity contribution in [1.82, 2.24) is 10.6 Å². The quantitative estimate of drug-likeness (QED) is 0.541. The van der Waals surface area contributed by atoms with Gasteiger partial charge in [-0.05, 0) is 13.8 Å². The third-order valence-electron chi connectivity index (χ3n) is 2.10. The Labute approximate surface area is 83.8 Å². The van der Waals surface area contributed by atoms with E-state index in [9.17, 15) is 4.79 Å². The lowest BCUT2D eigenvalue weighted by Crippen LogP contribution is -2.57. The molecule has 0 spiro atoms. The van der Waals surface area contributed by atoms with Crippen molar-refractivity contribution < 1.29 is 14.6 Å². The van der Waals surface area contributed by atoms with Crippen molar-refractivity contribution in [2.24, 2.45) is 0 Å². The number of amides is 1. The lowest BCUT2D eigenvalue weighted by Gasteiger charge is -2.29. The van der Waals surface area contributed by atoms with Crippen LogP contribution in [0.4, 0.5) is 0 Å². The van der Waals surface area contributed by atoms with Crippen LogP contribution in [0.1, 0.15) is 13.8 Å². The van der Waals surface area contributed by atoms with Crippen LogP contribution < -0.4 is 10.6 Å². The molecule has 0 aromatic carbocycles. The van der Waals surface area contributed by atoms with Crippen molar-refractivity contribution in [3.8, 4) is 0 Å². The zero-order valence-corrected chi connectivity index (χ0v) is 8.67. The van der Waals surface area contributed by atoms with E-state index in [0.717, 1.165) is 0 Å². The molecule has 0 aromatic rings. The van der Waals surface area contributed by atoms with Gasteiger partial charge in [0.25, 0.3) is 0 Å². The SMILES string of the molecule is CC(C)(CO)NC(=O)C1COCCN1. The number of hydrogen-bond donors (Lipinski definition) is 3. The molecule has 0 aliphatic carbocycles. The fourth-order valence-corrected chi connectivity index (χ4v) is 1.19. The molecule has 1 fully saturated rings. The summed E-state index contributed by atoms with van der Waals surface area (Å²) >= 11 is 0. The van der Waals surface area contributed by atoms with Gasteiger partial charge in [0.05, 0.1) is 25.4 Å². The first-order valence-electron chi connectivity index (χ1n) is 4.79. The van der Waals surface area contributed by atoms with Gasteiger partial charge < -0.3 is 20.5 Å². The molecule has 0 bridgehead atoms. The summed E-state index contributed by atoms with van der Waals surface area (Å²) in [6, 6.07) is -0.297. The topological polar surface area (TPSA) is 70.6 Å². The number of hydrogen-bond acceptors (Lipinski definition) is 4. The maximum absolute atomic E-state index is 11.6. The molecule has 1 rings (SSSR count). The van der Waals surface area contributed by atoms with Gasteiger partial charge >= 0.3 is 0 Å². The van der Waals surface area contributed by atoms with Crippen LogP contribution in [0.15, 0.2) is 0 Å². The van der Waals surface area contributed by atoms with Crippen molar-refractivity contribution in [3.05, 3.63) is 0 Å². The number of carbonyl (C=O) groups is 1. The van der Waals surface area contributed by atoms with E-state index >= 15 is 0 Å². The Morgan fingerprint density at radius 2 is 2.43 bits per heavy atom. The number of aliphatic hydroxyl groups is 1. The van der Waals surface area contributed by atoms with Gasteiger partial charge in [-0.15, -0.1) is 0 Å². The number of rotatable bonds is 3. The fraction of sp³-hybridized carbons (Fsp3) is 0.889. The van der Waals surface area contributed by atoms with Crippen molar-refractivity contribution >= 4 is 5.91 Å². The maximum atomic E-state index is 11.6. The minimum absolute atomic E-state index is 0.0771. The lowest BCUT2D eigenvalue weighted by molar-refractivity contribution is -0.128. The van der Waals surface area contributed by atoms with Gasteiger partial charge in [-0.2, -0.15) is 0 Å². The van der Waals surface area contributed by atoms with Gasteiger partial charge in [-0.3, -0.25) is 4.79 Å². The van der Waals surface area contributed by atoms with Gasteiger partial charge in [-0.25, -0.2) is 0 Å². The number of nitrogens with one attached hydrogen (secondary N) is 2. The van der Waals surface area contributed by atoms with E-state index in [4.69, 9.17) is 9.84 Å². The number of aliphatic hydroxyl groups excluding tert-OH is 1. The van der Waals surface area contributed by atoms with Gasteiger partial charge in [0.15, 0.2) is 0 Å². The van der Waals surface area contributed by atoms with Gasteiger partial charge in [0, 0.05) is 6.54 Å². The molecular formula is C9H18N2O3. The Morgan fingerprint density at radius 3 is 2.93 bits per heavy atom. The normalized spacial score (nSPS) is 23.2. The third kappa shape index (κ3) is 3.25. The third-order valence-corrected chi connectivity index (χ3v) is 2.10. The van der Waals surface area contributed by atoms with Crippen molar-refractivity contribution in [1.29, 1.82) is 0 Å². The molecular weight excluding hydrogens is 184 g/mol. The fourth-order valence-electron chi connectivity index (χ4n) is 1.19. The lowest BCUT2D eigenvalue weighted by atomic mass is 10.1. The van der Waals surface area contributed by atoms with Crippen LogP contribution in [0.5, 0.6) is 0 Å². The Hall–Kier alpha value is -0.650. The van der Waals surface area contributed by atoms with E-state index < -0.39 is 5.54 Å². The molecule has 0 saturated carbocycles. The highest BCUT2D eigenvalue weighted by molar-refractivity contribution is 5.82. The molecule has 1 unspecified atom stereocenters. The highest BCUT2D eigenvalue weighted by atomic mass is 16.5. The highest BCUT2D eigenvalue weighted by Gasteiger charge is 2.26. The summed E-state index contributed by atoms with van der Waals surface area (Å²) in [5.41, 5.74) is -0.573. The Bertz CT molecular complexity index is 200. The zero-order valence-electron chi connectivity index (χ0n) is 8.67. The van der Waals surface area contributed by atoms with Crippen LogP contribution in [0.2, 0.25) is 0 Å². The predicted octanol–water partition coefficient (Wildman–Crippen LogP) is -1.14. The van der Waals surface area contributed by atoms with Crippen LogP contribution in [0, 0.1) is 0 Å². The van der Waals surface area contributed by atoms with Crippen LogP contribution in [-0.2, 0) is 9.53 Å². The van der Waals surface area contributed by atoms with E-state index in [1.165, 1.54) is 0 Å². The van der Waals surface area contributed by atoms with Crippen LogP contribution in [-0.4, -0.2) is 49.0 Å². The minimum atomic E-state index is -0.573. The molecule has 0 aromatic heterocycles. The second-order valence-electron chi connectivity index (χ2n) is 4.11. The summed E-state index contributed by atoms with van der Waals surface area (Å²) in [6.07, 6.45) is 0. The zero-order chi connectivity index (χ0) is 10.6. The second-order valence-corrected chi connectivity index (χ2v) is 4.11. The molecule has 1 heterocycles. The molecule has 5 heteroatoms. The molecule has 1 atom stereocenters. The molecule has 0 radical (unpaired) electrons. The standard InChI is InChI=1S/C9H18N2O3/c1-9(2,6-12)11-8(13)7-5-14-4-3-10-7/h7,10,12H,3-6H2,1-2H3,(H,11,13). The predicted molar refractivity (Wildman–Crippen MR) is 51.9 cm³/mol. The molecule has 5 nitrogen and oxygen atoms in total. The maximum Gasteiger partial charge on any atom is 0.240 e. The van der Waals surface area contributed by atoms with E-state index in [0.29, 0.717) is 19.8 Å². The first-order chi connectivity index (χ1) is 6.55. The largest absolute Gasteiger partial charge is 0.394 e. The Morgan fingerprint density at radius 1 is 1.71 bits per heavy atom. The Balaban J connectivity index is 2.40. The summed E-state index contributed by atoms with van der Waals surface area (Å²) in [7, 11) is 0. The molecule has 14 heavy (non-hydrogen) atoms. The molecule has 3 N–H and O–H groups in total. The van der Waals surface area contributed by atoms with Crippen molar-refractivity contribution in [3.63, 3.8) is 0 Å². The van der Waals surface area contributed by atoms with Gasteiger partial charge in [-0.1, -0.05) is 0 Å². The summed E-state index contributed by atoms with van der Waals surface area (Å²) < 4.78 is 5.17. The summed E-state index contributed by atoms with van der Waals surface area (Å²) in [6.45, 7) is 5.20. The van der Waals surface area contributed by atoms with Crippen LogP contribution in [0.25, 0.3) is 0 Å². The van der Waals surface area contributed by atoms with Crippen molar-refractivity contribution in [2.75, 3.05) is 26.4 Å². The summed E-state index contributed by atoms with van der Waals surface area (Å²) in [5.74, 6) is -0.122. The average Bonchev–Trinajstić information content (AvgIpc) is 2.19. The molecule has 1 aliphatic rings. The first-order valence-corrected chi connectivity index (χ1v) is 4.79. The number of ether oxygens (including phenoxy) is 1. The molecule has 1 amide bonds. The monoisotopic (exact) mass is 202 g/mol. The minimum Gasteiger partial charge on any atom is -0.394 e. The first kappa shape index (κ1) is 11.4. The van der Waals surface area contributed by atoms with E-state index in [-0.39, 0.29) is 18.6 Å². The molecule has 1 saturated heterocycles. The van der Waals surface area contributed by atoms with Crippen LogP contribution in [0.3, 0.4) is 0 Å². The van der Waals surface area contributed by atoms with E-state index in [1.54, 1.807) is 13.8 Å². The van der Waals surface area contributed by atoms with E-state index in [1.807, 2.05) is 0 Å². The molecule has 82 valence electrons. The Kier molecular flexibility index (Phi) is 3.86. The average molecular weight is 202 g/mol. The summed E-state index contributed by atoms with van der Waals surface area (Å²) in [5, 5.41) is 14.8. The highest BCUT2D eigenvalue weighted by Crippen LogP contribution is 2.01. The van der Waals surface area contributed by atoms with Crippen molar-refractivity contribution in [2.45, 2.75) is 25.4 Å².